The Bertz CT molecular complexity index is 1150. The summed E-state index contributed by atoms with van der Waals surface area (Å²) >= 11 is 0. The van der Waals surface area contributed by atoms with Gasteiger partial charge < -0.3 is 25.1 Å². The summed E-state index contributed by atoms with van der Waals surface area (Å²) in [7, 11) is 0. The molecule has 9 nitrogen and oxygen atoms in total. The van der Waals surface area contributed by atoms with E-state index in [0.29, 0.717) is 30.9 Å². The van der Waals surface area contributed by atoms with Gasteiger partial charge in [-0.1, -0.05) is 27.7 Å². The fourth-order valence-corrected chi connectivity index (χ4v) is 4.58. The van der Waals surface area contributed by atoms with E-state index in [9.17, 15) is 15.3 Å². The lowest BCUT2D eigenvalue weighted by atomic mass is 9.97. The second-order valence-corrected chi connectivity index (χ2v) is 9.78. The monoisotopic (exact) mass is 514 g/mol. The van der Waals surface area contributed by atoms with Crippen molar-refractivity contribution in [2.75, 3.05) is 49.1 Å². The molecule has 0 aromatic heterocycles. The van der Waals surface area contributed by atoms with Crippen LogP contribution in [0.15, 0.2) is 30.3 Å². The normalized spacial score (nSPS) is 16.1. The highest BCUT2D eigenvalue weighted by Crippen LogP contribution is 2.35. The number of hydrogen-bond acceptors (Lipinski definition) is 8. The van der Waals surface area contributed by atoms with Gasteiger partial charge in [0, 0.05) is 38.3 Å². The van der Waals surface area contributed by atoms with Gasteiger partial charge in [-0.3, -0.25) is 21.0 Å². The molecule has 0 radical (unpaired) electrons. The third-order valence-corrected chi connectivity index (χ3v) is 6.80. The summed E-state index contributed by atoms with van der Waals surface area (Å²) in [6.07, 6.45) is 0. The Balaban J connectivity index is 2.06. The second-order valence-electron chi connectivity index (χ2n) is 9.78. The van der Waals surface area contributed by atoms with Crippen molar-refractivity contribution < 1.29 is 19.7 Å². The van der Waals surface area contributed by atoms with Gasteiger partial charge in [-0.15, -0.1) is 0 Å². The van der Waals surface area contributed by atoms with E-state index in [1.165, 1.54) is 19.1 Å². The fourth-order valence-electron chi connectivity index (χ4n) is 4.58. The Morgan fingerprint density at radius 2 is 1.73 bits per heavy atom. The molecule has 0 aliphatic carbocycles. The lowest BCUT2D eigenvalue weighted by Crippen LogP contribution is -2.57. The van der Waals surface area contributed by atoms with Gasteiger partial charge in [0.15, 0.2) is 11.6 Å². The van der Waals surface area contributed by atoms with Crippen LogP contribution in [-0.4, -0.2) is 76.9 Å². The third-order valence-electron chi connectivity index (χ3n) is 6.80. The molecular weight excluding hydrogens is 475 g/mol. The lowest BCUT2D eigenvalue weighted by Gasteiger charge is -2.37. The van der Waals surface area contributed by atoms with Crippen molar-refractivity contribution in [1.82, 2.24) is 10.2 Å². The van der Waals surface area contributed by atoms with Crippen molar-refractivity contribution in [1.29, 1.82) is 10.8 Å². The molecule has 1 fully saturated rings. The summed E-state index contributed by atoms with van der Waals surface area (Å²) in [5.41, 5.74) is -0.709. The Morgan fingerprint density at radius 1 is 1.08 bits per heavy atom. The Hall–Kier alpha value is -3.21. The molecule has 0 saturated carbocycles. The third kappa shape index (κ3) is 6.03. The van der Waals surface area contributed by atoms with E-state index in [-0.39, 0.29) is 34.5 Å². The molecule has 0 bridgehead atoms. The zero-order valence-corrected chi connectivity index (χ0v) is 22.3. The van der Waals surface area contributed by atoms with E-state index in [1.54, 1.807) is 19.1 Å². The first kappa shape index (κ1) is 28.4. The molecule has 1 atom stereocenters. The Morgan fingerprint density at radius 3 is 2.27 bits per heavy atom. The van der Waals surface area contributed by atoms with Crippen LogP contribution in [0.1, 0.15) is 51.7 Å². The van der Waals surface area contributed by atoms with Crippen LogP contribution in [0.4, 0.5) is 15.8 Å². The molecule has 10 heteroatoms. The minimum absolute atomic E-state index is 0.0405. The lowest BCUT2D eigenvalue weighted by molar-refractivity contribution is 0.0948. The summed E-state index contributed by atoms with van der Waals surface area (Å²) in [4.78, 5) is 5.37. The van der Waals surface area contributed by atoms with E-state index in [2.05, 4.69) is 17.1 Å². The number of rotatable bonds is 8. The first-order valence-corrected chi connectivity index (χ1v) is 12.7. The SMILES string of the molecule is CCNC(C)(O)C(=N)N(C(=N)c1cc(C(C)C)c(O)cc1O)c1ccc(N2CCN(CC)CC2)c(F)c1. The van der Waals surface area contributed by atoms with Crippen molar-refractivity contribution in [3.8, 4) is 11.5 Å². The summed E-state index contributed by atoms with van der Waals surface area (Å²) in [5, 5.41) is 52.4. The number of amidine groups is 2. The fraction of sp³-hybridized carbons (Fsp3) is 0.481. The molecule has 6 N–H and O–H groups in total. The zero-order chi connectivity index (χ0) is 27.5. The van der Waals surface area contributed by atoms with Gasteiger partial charge >= 0.3 is 0 Å². The summed E-state index contributed by atoms with van der Waals surface area (Å²) < 4.78 is 15.5. The average molecular weight is 515 g/mol. The van der Waals surface area contributed by atoms with Crippen molar-refractivity contribution >= 4 is 23.0 Å². The van der Waals surface area contributed by atoms with Crippen LogP contribution in [0.5, 0.6) is 11.5 Å². The smallest absolute Gasteiger partial charge is 0.172 e. The van der Waals surface area contributed by atoms with E-state index in [0.717, 1.165) is 30.6 Å². The maximum atomic E-state index is 15.5. The number of nitrogens with zero attached hydrogens (tertiary/aromatic N) is 3. The topological polar surface area (TPSA) is 130 Å². The van der Waals surface area contributed by atoms with Gasteiger partial charge in [0.05, 0.1) is 16.9 Å². The Kier molecular flexibility index (Phi) is 8.78. The van der Waals surface area contributed by atoms with Crippen LogP contribution >= 0.6 is 0 Å². The predicted molar refractivity (Wildman–Crippen MR) is 146 cm³/mol. The molecule has 1 aliphatic heterocycles. The van der Waals surface area contributed by atoms with Crippen LogP contribution in [0, 0.1) is 16.6 Å². The average Bonchev–Trinajstić information content (AvgIpc) is 2.84. The minimum Gasteiger partial charge on any atom is -0.508 e. The zero-order valence-electron chi connectivity index (χ0n) is 22.3. The van der Waals surface area contributed by atoms with Crippen LogP contribution in [0.2, 0.25) is 0 Å². The van der Waals surface area contributed by atoms with Crippen LogP contribution in [0.3, 0.4) is 0 Å². The van der Waals surface area contributed by atoms with Gasteiger partial charge in [0.2, 0.25) is 0 Å². The largest absolute Gasteiger partial charge is 0.508 e. The molecule has 202 valence electrons. The number of likely N-dealkylation sites (N-methyl/N-ethyl adjacent to an activating group) is 2. The molecule has 1 heterocycles. The Labute approximate surface area is 218 Å². The number of benzene rings is 2. The van der Waals surface area contributed by atoms with Crippen LogP contribution < -0.4 is 15.1 Å². The summed E-state index contributed by atoms with van der Waals surface area (Å²) in [6.45, 7) is 13.3. The molecule has 1 unspecified atom stereocenters. The predicted octanol–water partition coefficient (Wildman–Crippen LogP) is 3.63. The number of halogens is 1. The summed E-state index contributed by atoms with van der Waals surface area (Å²) in [6, 6.07) is 7.11. The number of aliphatic hydroxyl groups is 1. The van der Waals surface area contributed by atoms with Crippen LogP contribution in [0.25, 0.3) is 0 Å². The van der Waals surface area contributed by atoms with Crippen molar-refractivity contribution in [3.63, 3.8) is 0 Å². The maximum Gasteiger partial charge on any atom is 0.172 e. The molecule has 0 amide bonds. The van der Waals surface area contributed by atoms with E-state index in [4.69, 9.17) is 10.8 Å². The summed E-state index contributed by atoms with van der Waals surface area (Å²) in [5.74, 6) is -1.83. The van der Waals surface area contributed by atoms with Crippen molar-refractivity contribution in [2.45, 2.75) is 46.3 Å². The van der Waals surface area contributed by atoms with E-state index >= 15 is 4.39 Å². The highest BCUT2D eigenvalue weighted by molar-refractivity contribution is 6.25. The van der Waals surface area contributed by atoms with E-state index in [1.807, 2.05) is 18.7 Å². The number of nitrogens with one attached hydrogen (secondary N) is 3. The second kappa shape index (κ2) is 11.5. The van der Waals surface area contributed by atoms with Gasteiger partial charge in [0.25, 0.3) is 0 Å². The minimum atomic E-state index is -1.85. The molecule has 0 spiro atoms. The first-order chi connectivity index (χ1) is 17.4. The van der Waals surface area contributed by atoms with Crippen LogP contribution in [-0.2, 0) is 0 Å². The number of phenols is 2. The number of aromatic hydroxyl groups is 2. The standard InChI is InChI=1S/C27H39FN6O3/c1-6-31-27(5,37)26(30)34(25(29)20-15-19(17(3)4)23(35)16-24(20)36)18-8-9-22(21(28)14-18)33-12-10-32(7-2)11-13-33/h8-9,14-17,29-31,35-37H,6-7,10-13H2,1-5H3. The highest BCUT2D eigenvalue weighted by Gasteiger charge is 2.35. The molecule has 1 saturated heterocycles. The molecule has 3 rings (SSSR count). The van der Waals surface area contributed by atoms with Gasteiger partial charge in [0.1, 0.15) is 23.2 Å². The maximum absolute atomic E-state index is 15.5. The molecule has 2 aromatic rings. The number of piperazine rings is 1. The first-order valence-electron chi connectivity index (χ1n) is 12.7. The number of anilines is 2. The molecule has 2 aromatic carbocycles. The highest BCUT2D eigenvalue weighted by atomic mass is 19.1. The molecule has 37 heavy (non-hydrogen) atoms. The van der Waals surface area contributed by atoms with Crippen molar-refractivity contribution in [2.24, 2.45) is 0 Å². The van der Waals surface area contributed by atoms with Gasteiger partial charge in [-0.05, 0) is 49.7 Å². The van der Waals surface area contributed by atoms with Crippen molar-refractivity contribution in [3.05, 3.63) is 47.3 Å². The van der Waals surface area contributed by atoms with Gasteiger partial charge in [-0.25, -0.2) is 4.39 Å². The number of phenolic OH excluding ortho intramolecular Hbond substituents is 2. The quantitative estimate of drug-likeness (QED) is 0.180. The van der Waals surface area contributed by atoms with E-state index < -0.39 is 17.4 Å². The number of hydrogen-bond donors (Lipinski definition) is 6. The molecule has 1 aliphatic rings. The van der Waals surface area contributed by atoms with Gasteiger partial charge in [-0.2, -0.15) is 0 Å². The molecular formula is C27H39FN6O3.